The van der Waals surface area contributed by atoms with Gasteiger partial charge in [0.2, 0.25) is 11.1 Å². The van der Waals surface area contributed by atoms with Gasteiger partial charge in [0, 0.05) is 29.5 Å². The summed E-state index contributed by atoms with van der Waals surface area (Å²) in [5.41, 5.74) is 3.84. The second-order valence-corrected chi connectivity index (χ2v) is 9.23. The van der Waals surface area contributed by atoms with Crippen LogP contribution in [0.15, 0.2) is 58.2 Å². The van der Waals surface area contributed by atoms with Crippen LogP contribution < -0.4 is 0 Å². The number of carbonyl (C=O) groups is 1. The van der Waals surface area contributed by atoms with E-state index in [1.54, 1.807) is 0 Å². The number of likely N-dealkylation sites (tertiary alicyclic amines) is 1. The van der Waals surface area contributed by atoms with E-state index in [1.807, 2.05) is 29.2 Å². The zero-order valence-electron chi connectivity index (χ0n) is 16.3. The van der Waals surface area contributed by atoms with Gasteiger partial charge in [-0.1, -0.05) is 58.0 Å². The third-order valence-electron chi connectivity index (χ3n) is 5.39. The molecule has 1 saturated heterocycles. The number of rotatable bonds is 5. The largest absolute Gasteiger partial charge is 0.342 e. The molecule has 6 nitrogen and oxygen atoms in total. The van der Waals surface area contributed by atoms with Gasteiger partial charge in [-0.15, -0.1) is 10.2 Å². The van der Waals surface area contributed by atoms with Crippen LogP contribution in [-0.2, 0) is 11.3 Å². The fourth-order valence-electron chi connectivity index (χ4n) is 3.87. The van der Waals surface area contributed by atoms with Crippen molar-refractivity contribution in [1.29, 1.82) is 0 Å². The van der Waals surface area contributed by atoms with Crippen molar-refractivity contribution in [3.05, 3.63) is 58.6 Å². The molecule has 1 amide bonds. The van der Waals surface area contributed by atoms with E-state index in [0.29, 0.717) is 17.5 Å². The molecule has 8 heteroatoms. The summed E-state index contributed by atoms with van der Waals surface area (Å²) >= 11 is 4.86. The molecule has 2 aromatic heterocycles. The molecule has 0 atom stereocenters. The van der Waals surface area contributed by atoms with Crippen LogP contribution in [0.2, 0.25) is 0 Å². The molecule has 0 spiro atoms. The fraction of sp³-hybridized carbons (Fsp3) is 0.273. The van der Waals surface area contributed by atoms with Crippen molar-refractivity contribution in [2.45, 2.75) is 24.5 Å². The number of amides is 1. The van der Waals surface area contributed by atoms with Crippen LogP contribution in [0, 0.1) is 0 Å². The number of para-hydroxylation sites is 1. The third kappa shape index (κ3) is 3.81. The summed E-state index contributed by atoms with van der Waals surface area (Å²) in [7, 11) is 0. The minimum absolute atomic E-state index is 0.150. The van der Waals surface area contributed by atoms with Crippen LogP contribution in [0.25, 0.3) is 22.1 Å². The molecule has 152 valence electrons. The first-order valence-corrected chi connectivity index (χ1v) is 11.7. The normalized spacial score (nSPS) is 14.1. The molecule has 3 heterocycles. The molecule has 0 unspecified atom stereocenters. The number of hydrogen-bond acceptors (Lipinski definition) is 5. The first kappa shape index (κ1) is 19.5. The van der Waals surface area contributed by atoms with E-state index in [1.165, 1.54) is 17.3 Å². The fourth-order valence-corrected chi connectivity index (χ4v) is 4.82. The highest BCUT2D eigenvalue weighted by molar-refractivity contribution is 9.10. The number of halogens is 1. The molecule has 0 N–H and O–H groups in total. The minimum Gasteiger partial charge on any atom is -0.342 e. The lowest BCUT2D eigenvalue weighted by atomic mass is 10.2. The molecule has 1 aliphatic rings. The first-order chi connectivity index (χ1) is 14.7. The van der Waals surface area contributed by atoms with Gasteiger partial charge in [-0.2, -0.15) is 0 Å². The van der Waals surface area contributed by atoms with Crippen molar-refractivity contribution < 1.29 is 4.79 Å². The number of fused-ring (bicyclic) bond motifs is 3. The van der Waals surface area contributed by atoms with Gasteiger partial charge in [0.05, 0.1) is 11.3 Å². The third-order valence-corrected chi connectivity index (χ3v) is 6.74. The Labute approximate surface area is 186 Å². The van der Waals surface area contributed by atoms with Gasteiger partial charge in [-0.05, 0) is 36.6 Å². The maximum Gasteiger partial charge on any atom is 0.233 e. The monoisotopic (exact) mass is 481 g/mol. The van der Waals surface area contributed by atoms with Crippen molar-refractivity contribution >= 4 is 55.7 Å². The van der Waals surface area contributed by atoms with E-state index >= 15 is 0 Å². The topological polar surface area (TPSA) is 63.9 Å². The smallest absolute Gasteiger partial charge is 0.233 e. The van der Waals surface area contributed by atoms with E-state index in [-0.39, 0.29) is 5.91 Å². The van der Waals surface area contributed by atoms with Gasteiger partial charge in [-0.25, -0.2) is 4.98 Å². The Morgan fingerprint density at radius 2 is 1.80 bits per heavy atom. The molecule has 30 heavy (non-hydrogen) atoms. The predicted molar refractivity (Wildman–Crippen MR) is 123 cm³/mol. The lowest BCUT2D eigenvalue weighted by Gasteiger charge is -2.14. The Morgan fingerprint density at radius 1 is 1.03 bits per heavy atom. The number of carbonyl (C=O) groups excluding carboxylic acids is 1. The molecule has 0 aliphatic carbocycles. The summed E-state index contributed by atoms with van der Waals surface area (Å²) in [6.07, 6.45) is 2.19. The Bertz CT molecular complexity index is 1220. The molecule has 1 fully saturated rings. The number of benzene rings is 2. The van der Waals surface area contributed by atoms with Crippen LogP contribution >= 0.6 is 27.7 Å². The highest BCUT2D eigenvalue weighted by Gasteiger charge is 2.19. The summed E-state index contributed by atoms with van der Waals surface area (Å²) in [6, 6.07) is 16.5. The average molecular weight is 482 g/mol. The van der Waals surface area contributed by atoms with Crippen molar-refractivity contribution in [3.63, 3.8) is 0 Å². The standard InChI is InChI=1S/C22H20BrN5OS/c23-16-9-7-15(8-10-16)13-28-18-6-2-1-5-17(18)20-21(28)24-22(26-25-20)30-14-19(29)27-11-3-4-12-27/h1-2,5-10H,3-4,11-14H2. The average Bonchev–Trinajstić information content (AvgIpc) is 3.41. The van der Waals surface area contributed by atoms with Crippen LogP contribution in [0.5, 0.6) is 0 Å². The molecule has 4 aromatic rings. The van der Waals surface area contributed by atoms with E-state index in [0.717, 1.165) is 52.5 Å². The molecule has 5 rings (SSSR count). The Hall–Kier alpha value is -2.45. The lowest BCUT2D eigenvalue weighted by molar-refractivity contribution is -0.127. The quantitative estimate of drug-likeness (QED) is 0.392. The van der Waals surface area contributed by atoms with E-state index in [4.69, 9.17) is 4.98 Å². The second-order valence-electron chi connectivity index (χ2n) is 7.37. The molecule has 1 aliphatic heterocycles. The van der Waals surface area contributed by atoms with Crippen LogP contribution in [0.4, 0.5) is 0 Å². The van der Waals surface area contributed by atoms with E-state index < -0.39 is 0 Å². The van der Waals surface area contributed by atoms with Gasteiger partial charge in [-0.3, -0.25) is 4.79 Å². The highest BCUT2D eigenvalue weighted by atomic mass is 79.9. The highest BCUT2D eigenvalue weighted by Crippen LogP contribution is 2.28. The molecular formula is C22H20BrN5OS. The zero-order chi connectivity index (χ0) is 20.5. The van der Waals surface area contributed by atoms with E-state index in [2.05, 4.69) is 55.0 Å². The maximum absolute atomic E-state index is 12.4. The SMILES string of the molecule is O=C(CSc1nnc2c3ccccc3n(Cc3ccc(Br)cc3)c2n1)N1CCCC1. The lowest BCUT2D eigenvalue weighted by Crippen LogP contribution is -2.29. The summed E-state index contributed by atoms with van der Waals surface area (Å²) in [4.78, 5) is 19.1. The molecule has 0 radical (unpaired) electrons. The summed E-state index contributed by atoms with van der Waals surface area (Å²) < 4.78 is 3.23. The molecule has 0 bridgehead atoms. The van der Waals surface area contributed by atoms with Crippen molar-refractivity contribution in [2.75, 3.05) is 18.8 Å². The maximum atomic E-state index is 12.4. The Kier molecular flexibility index (Phi) is 5.43. The molecule has 0 saturated carbocycles. The van der Waals surface area contributed by atoms with Gasteiger partial charge in [0.25, 0.3) is 0 Å². The van der Waals surface area contributed by atoms with Crippen molar-refractivity contribution in [2.24, 2.45) is 0 Å². The van der Waals surface area contributed by atoms with Crippen LogP contribution in [0.3, 0.4) is 0 Å². The van der Waals surface area contributed by atoms with Crippen LogP contribution in [0.1, 0.15) is 18.4 Å². The van der Waals surface area contributed by atoms with E-state index in [9.17, 15) is 4.79 Å². The minimum atomic E-state index is 0.150. The van der Waals surface area contributed by atoms with Gasteiger partial charge in [0.1, 0.15) is 5.52 Å². The number of aromatic nitrogens is 4. The van der Waals surface area contributed by atoms with Gasteiger partial charge >= 0.3 is 0 Å². The van der Waals surface area contributed by atoms with Crippen molar-refractivity contribution in [1.82, 2.24) is 24.6 Å². The number of hydrogen-bond donors (Lipinski definition) is 0. The van der Waals surface area contributed by atoms with Crippen LogP contribution in [-0.4, -0.2) is 49.4 Å². The summed E-state index contributed by atoms with van der Waals surface area (Å²) in [5, 5.41) is 10.3. The number of thioether (sulfide) groups is 1. The Balaban J connectivity index is 1.49. The summed E-state index contributed by atoms with van der Waals surface area (Å²) in [5.74, 6) is 0.497. The Morgan fingerprint density at radius 3 is 2.60 bits per heavy atom. The zero-order valence-corrected chi connectivity index (χ0v) is 18.7. The first-order valence-electron chi connectivity index (χ1n) is 9.96. The summed E-state index contributed by atoms with van der Waals surface area (Å²) in [6.45, 7) is 2.41. The van der Waals surface area contributed by atoms with Crippen molar-refractivity contribution in [3.8, 4) is 0 Å². The molecular weight excluding hydrogens is 462 g/mol. The van der Waals surface area contributed by atoms with Gasteiger partial charge in [0.15, 0.2) is 5.65 Å². The second kappa shape index (κ2) is 8.35. The number of nitrogens with zero attached hydrogens (tertiary/aromatic N) is 5. The van der Waals surface area contributed by atoms with Gasteiger partial charge < -0.3 is 9.47 Å². The predicted octanol–water partition coefficient (Wildman–Crippen LogP) is 4.50. The molecule has 2 aromatic carbocycles.